The van der Waals surface area contributed by atoms with Crippen LogP contribution in [0.3, 0.4) is 0 Å². The van der Waals surface area contributed by atoms with Gasteiger partial charge in [-0.1, -0.05) is 97.2 Å². The Kier molecular flexibility index (Phi) is 9.98. The van der Waals surface area contributed by atoms with Gasteiger partial charge in [-0.2, -0.15) is 0 Å². The van der Waals surface area contributed by atoms with Gasteiger partial charge in [-0.15, -0.1) is 0 Å². The molecule has 0 unspecified atom stereocenters. The highest BCUT2D eigenvalue weighted by Crippen LogP contribution is 2.28. The van der Waals surface area contributed by atoms with Crippen molar-refractivity contribution >= 4 is 35.0 Å². The second-order valence-corrected chi connectivity index (χ2v) is 10.5. The molecule has 0 bridgehead atoms. The highest BCUT2D eigenvalue weighted by molar-refractivity contribution is 6.36. The van der Waals surface area contributed by atoms with E-state index >= 15 is 0 Å². The minimum absolute atomic E-state index is 0.134. The van der Waals surface area contributed by atoms with E-state index in [9.17, 15) is 9.59 Å². The number of nitrogens with zero attached hydrogens (tertiary/aromatic N) is 1. The molecule has 0 spiro atoms. The van der Waals surface area contributed by atoms with Crippen molar-refractivity contribution in [3.8, 4) is 0 Å². The van der Waals surface area contributed by atoms with Crippen molar-refractivity contribution in [2.45, 2.75) is 53.1 Å². The van der Waals surface area contributed by atoms with E-state index < -0.39 is 6.04 Å². The molecule has 0 aromatic heterocycles. The minimum atomic E-state index is -0.726. The lowest BCUT2D eigenvalue weighted by Gasteiger charge is -2.32. The molecule has 6 heteroatoms. The van der Waals surface area contributed by atoms with Crippen LogP contribution in [0.15, 0.2) is 66.7 Å². The van der Waals surface area contributed by atoms with Gasteiger partial charge < -0.3 is 10.2 Å². The zero-order valence-electron chi connectivity index (χ0n) is 21.4. The molecule has 0 saturated heterocycles. The summed E-state index contributed by atoms with van der Waals surface area (Å²) in [4.78, 5) is 29.1. The molecule has 0 aliphatic heterocycles. The Morgan fingerprint density at radius 3 is 2.22 bits per heavy atom. The fraction of sp³-hybridized carbons (Fsp3) is 0.333. The molecule has 36 heavy (non-hydrogen) atoms. The smallest absolute Gasteiger partial charge is 0.243 e. The lowest BCUT2D eigenvalue weighted by molar-refractivity contribution is -0.140. The van der Waals surface area contributed by atoms with Crippen LogP contribution in [0.2, 0.25) is 10.0 Å². The topological polar surface area (TPSA) is 49.4 Å². The molecule has 0 radical (unpaired) electrons. The van der Waals surface area contributed by atoms with E-state index in [1.807, 2.05) is 76.2 Å². The second kappa shape index (κ2) is 12.9. The summed E-state index contributed by atoms with van der Waals surface area (Å²) in [6.07, 6.45) is 0.559. The molecular weight excluding hydrogens is 491 g/mol. The Balaban J connectivity index is 2.03. The summed E-state index contributed by atoms with van der Waals surface area (Å²) in [6.45, 7) is 8.74. The van der Waals surface area contributed by atoms with Gasteiger partial charge in [-0.3, -0.25) is 9.59 Å². The van der Waals surface area contributed by atoms with Gasteiger partial charge in [0.05, 0.1) is 6.42 Å². The maximum Gasteiger partial charge on any atom is 0.243 e. The van der Waals surface area contributed by atoms with Gasteiger partial charge in [0.15, 0.2) is 0 Å². The van der Waals surface area contributed by atoms with Crippen molar-refractivity contribution in [2.75, 3.05) is 6.54 Å². The summed E-state index contributed by atoms with van der Waals surface area (Å²) in [5, 5.41) is 3.97. The first-order chi connectivity index (χ1) is 17.2. The number of aryl methyl sites for hydroxylation is 2. The number of nitrogens with one attached hydrogen (secondary N) is 1. The second-order valence-electron chi connectivity index (χ2n) is 9.67. The summed E-state index contributed by atoms with van der Waals surface area (Å²) in [6, 6.07) is 20.4. The molecule has 0 fully saturated rings. The summed E-state index contributed by atoms with van der Waals surface area (Å²) < 4.78 is 0. The van der Waals surface area contributed by atoms with Gasteiger partial charge in [-0.05, 0) is 48.6 Å². The molecule has 0 aliphatic rings. The van der Waals surface area contributed by atoms with E-state index in [1.54, 1.807) is 23.1 Å². The van der Waals surface area contributed by atoms with Crippen LogP contribution in [0.1, 0.15) is 41.7 Å². The van der Waals surface area contributed by atoms with Crippen molar-refractivity contribution in [3.05, 3.63) is 105 Å². The van der Waals surface area contributed by atoms with Gasteiger partial charge in [0.25, 0.3) is 0 Å². The van der Waals surface area contributed by atoms with Crippen molar-refractivity contribution in [3.63, 3.8) is 0 Å². The molecule has 3 aromatic rings. The maximum absolute atomic E-state index is 13.9. The first-order valence-corrected chi connectivity index (χ1v) is 13.0. The largest absolute Gasteiger partial charge is 0.354 e. The molecule has 190 valence electrons. The van der Waals surface area contributed by atoms with Gasteiger partial charge >= 0.3 is 0 Å². The number of amides is 2. The van der Waals surface area contributed by atoms with E-state index in [4.69, 9.17) is 23.2 Å². The number of benzene rings is 3. The van der Waals surface area contributed by atoms with Crippen LogP contribution in [0.25, 0.3) is 0 Å². The van der Waals surface area contributed by atoms with Crippen molar-refractivity contribution in [1.82, 2.24) is 10.2 Å². The van der Waals surface area contributed by atoms with Crippen LogP contribution in [-0.4, -0.2) is 29.3 Å². The van der Waals surface area contributed by atoms with Crippen LogP contribution in [-0.2, 0) is 29.0 Å². The molecule has 1 atom stereocenters. The number of carbonyl (C=O) groups excluding carboxylic acids is 2. The Morgan fingerprint density at radius 1 is 0.917 bits per heavy atom. The molecule has 0 saturated carbocycles. The lowest BCUT2D eigenvalue weighted by Crippen LogP contribution is -2.51. The average Bonchev–Trinajstić information content (AvgIpc) is 2.84. The van der Waals surface area contributed by atoms with E-state index in [1.165, 1.54) is 0 Å². The van der Waals surface area contributed by atoms with Crippen LogP contribution < -0.4 is 5.32 Å². The van der Waals surface area contributed by atoms with Crippen molar-refractivity contribution < 1.29 is 9.59 Å². The van der Waals surface area contributed by atoms with E-state index in [0.717, 1.165) is 22.3 Å². The van der Waals surface area contributed by atoms with Crippen molar-refractivity contribution in [2.24, 2.45) is 5.92 Å². The number of halogens is 2. The van der Waals surface area contributed by atoms with Gasteiger partial charge in [0.2, 0.25) is 11.8 Å². The molecule has 3 rings (SSSR count). The molecule has 3 aromatic carbocycles. The summed E-state index contributed by atoms with van der Waals surface area (Å²) in [5.74, 6) is -0.0613. The number of hydrogen-bond donors (Lipinski definition) is 1. The van der Waals surface area contributed by atoms with E-state index in [-0.39, 0.29) is 30.7 Å². The van der Waals surface area contributed by atoms with Crippen LogP contribution >= 0.6 is 23.2 Å². The molecule has 1 N–H and O–H groups in total. The molecule has 0 heterocycles. The summed E-state index contributed by atoms with van der Waals surface area (Å²) in [5.41, 5.74) is 4.66. The Labute approximate surface area is 224 Å². The highest BCUT2D eigenvalue weighted by atomic mass is 35.5. The van der Waals surface area contributed by atoms with Crippen LogP contribution in [0.5, 0.6) is 0 Å². The Morgan fingerprint density at radius 2 is 1.58 bits per heavy atom. The summed E-state index contributed by atoms with van der Waals surface area (Å²) >= 11 is 13.0. The highest BCUT2D eigenvalue weighted by Gasteiger charge is 2.31. The first-order valence-electron chi connectivity index (χ1n) is 12.3. The zero-order chi connectivity index (χ0) is 26.2. The predicted octanol–water partition coefficient (Wildman–Crippen LogP) is 6.57. The molecule has 0 aliphatic carbocycles. The van der Waals surface area contributed by atoms with Crippen molar-refractivity contribution in [1.29, 1.82) is 0 Å². The SMILES string of the molecule is Cc1ccc(C)c(CC(=O)N(Cc2c(Cl)cccc2Cl)[C@H](Cc2ccccc2)C(=O)NCC(C)C)c1. The van der Waals surface area contributed by atoms with Gasteiger partial charge in [0, 0.05) is 35.1 Å². The quantitative estimate of drug-likeness (QED) is 0.326. The third-order valence-electron chi connectivity index (χ3n) is 6.19. The molecular formula is C30H34Cl2N2O2. The Hall–Kier alpha value is -2.82. The van der Waals surface area contributed by atoms with Gasteiger partial charge in [0.1, 0.15) is 6.04 Å². The molecule has 4 nitrogen and oxygen atoms in total. The van der Waals surface area contributed by atoms with E-state index in [0.29, 0.717) is 28.6 Å². The predicted molar refractivity (Wildman–Crippen MR) is 148 cm³/mol. The monoisotopic (exact) mass is 524 g/mol. The normalized spacial score (nSPS) is 11.9. The number of carbonyl (C=O) groups is 2. The fourth-order valence-electron chi connectivity index (χ4n) is 4.09. The van der Waals surface area contributed by atoms with Crippen LogP contribution in [0, 0.1) is 19.8 Å². The zero-order valence-corrected chi connectivity index (χ0v) is 22.9. The lowest BCUT2D eigenvalue weighted by atomic mass is 9.99. The van der Waals surface area contributed by atoms with E-state index in [2.05, 4.69) is 5.32 Å². The fourth-order valence-corrected chi connectivity index (χ4v) is 4.60. The third-order valence-corrected chi connectivity index (χ3v) is 6.90. The molecule has 2 amide bonds. The first kappa shape index (κ1) is 27.8. The third kappa shape index (κ3) is 7.59. The minimum Gasteiger partial charge on any atom is -0.354 e. The van der Waals surface area contributed by atoms with Gasteiger partial charge in [-0.25, -0.2) is 0 Å². The Bertz CT molecular complexity index is 1170. The standard InChI is InChI=1S/C30H34Cl2N2O2/c1-20(2)18-33-30(36)28(16-23-9-6-5-7-10-23)34(19-25-26(31)11-8-12-27(25)32)29(35)17-24-15-21(3)13-14-22(24)4/h5-15,20,28H,16-19H2,1-4H3,(H,33,36)/t28-/m1/s1. The average molecular weight is 526 g/mol. The number of rotatable bonds is 10. The van der Waals surface area contributed by atoms with Crippen LogP contribution in [0.4, 0.5) is 0 Å². The number of hydrogen-bond acceptors (Lipinski definition) is 2. The summed E-state index contributed by atoms with van der Waals surface area (Å²) in [7, 11) is 0. The maximum atomic E-state index is 13.9.